The maximum Gasteiger partial charge on any atom is 0.296 e. The van der Waals surface area contributed by atoms with Crippen molar-refractivity contribution in [3.63, 3.8) is 0 Å². The van der Waals surface area contributed by atoms with Crippen molar-refractivity contribution in [1.82, 2.24) is 4.98 Å². The molecule has 0 amide bonds. The van der Waals surface area contributed by atoms with Gasteiger partial charge in [-0.15, -0.1) is 31.0 Å². The third-order valence-corrected chi connectivity index (χ3v) is 13.2. The SMILES string of the molecule is Cc1ccc2nc(-c3ccc(N=Nc4ccc(N=Nc5c(SOOO)cc6cc(S(=O)(=O)O)c(N)cc6c5O)c5cc(S(=O)(=O)O)ccc45)cc3)sc2c1S(=O)(=O)O. The Morgan fingerprint density at radius 1 is 0.741 bits per heavy atom. The van der Waals surface area contributed by atoms with Gasteiger partial charge in [-0.25, -0.2) is 10.2 Å². The van der Waals surface area contributed by atoms with Crippen molar-refractivity contribution in [1.29, 1.82) is 0 Å². The summed E-state index contributed by atoms with van der Waals surface area (Å²) in [6.07, 6.45) is 0. The fraction of sp³-hybridized carbons (Fsp3) is 0.0294. The van der Waals surface area contributed by atoms with Crippen LogP contribution in [0.25, 0.3) is 42.3 Å². The van der Waals surface area contributed by atoms with E-state index >= 15 is 0 Å². The maximum atomic E-state index is 12.1. The normalized spacial score (nSPS) is 12.8. The number of benzene rings is 6. The number of fused-ring (bicyclic) bond motifs is 3. The summed E-state index contributed by atoms with van der Waals surface area (Å²) < 4.78 is 106. The largest absolute Gasteiger partial charge is 0.505 e. The van der Waals surface area contributed by atoms with Crippen LogP contribution >= 0.6 is 23.4 Å². The Bertz CT molecular complexity index is 3230. The molecule has 7 N–H and O–H groups in total. The second kappa shape index (κ2) is 15.3. The first kappa shape index (κ1) is 40.7. The Kier molecular flexibility index (Phi) is 10.8. The molecular weight excluding hydrogens is 861 g/mol. The summed E-state index contributed by atoms with van der Waals surface area (Å²) in [5.41, 5.74) is 7.20. The molecule has 0 saturated carbocycles. The highest BCUT2D eigenvalue weighted by molar-refractivity contribution is 7.94. The Morgan fingerprint density at radius 3 is 2.09 bits per heavy atom. The lowest BCUT2D eigenvalue weighted by atomic mass is 10.1. The van der Waals surface area contributed by atoms with Gasteiger partial charge in [-0.3, -0.25) is 13.7 Å². The molecule has 0 aliphatic carbocycles. The topological polar surface area (TPSA) is 310 Å². The van der Waals surface area contributed by atoms with Gasteiger partial charge in [-0.05, 0) is 90.7 Å². The number of azo groups is 2. The van der Waals surface area contributed by atoms with Crippen molar-refractivity contribution in [2.24, 2.45) is 20.5 Å². The number of phenolic OH excluding ortho intramolecular Hbond substituents is 1. The van der Waals surface area contributed by atoms with Crippen LogP contribution in [-0.2, 0) is 39.7 Å². The summed E-state index contributed by atoms with van der Waals surface area (Å²) in [7, 11) is -14.0. The minimum absolute atomic E-state index is 0.0167. The average Bonchev–Trinajstić information content (AvgIpc) is 3.59. The van der Waals surface area contributed by atoms with Gasteiger partial charge < -0.3 is 10.8 Å². The van der Waals surface area contributed by atoms with Crippen LogP contribution < -0.4 is 5.73 Å². The summed E-state index contributed by atoms with van der Waals surface area (Å²) in [4.78, 5) is 3.11. The van der Waals surface area contributed by atoms with Crippen molar-refractivity contribution in [3.8, 4) is 16.3 Å². The molecule has 0 unspecified atom stereocenters. The highest BCUT2D eigenvalue weighted by Crippen LogP contribution is 2.46. The lowest BCUT2D eigenvalue weighted by molar-refractivity contribution is -0.432. The van der Waals surface area contributed by atoms with Gasteiger partial charge in [0.25, 0.3) is 30.4 Å². The number of aromatic nitrogens is 1. The summed E-state index contributed by atoms with van der Waals surface area (Å²) in [6, 6.07) is 19.7. The van der Waals surface area contributed by atoms with Crippen LogP contribution in [0.1, 0.15) is 5.56 Å². The number of hydrogen-bond donors (Lipinski definition) is 6. The van der Waals surface area contributed by atoms with Crippen molar-refractivity contribution in [3.05, 3.63) is 90.5 Å². The van der Waals surface area contributed by atoms with Crippen LogP contribution in [0.15, 0.2) is 125 Å². The van der Waals surface area contributed by atoms with E-state index in [1.807, 2.05) is 0 Å². The van der Waals surface area contributed by atoms with Crippen LogP contribution in [0.4, 0.5) is 28.4 Å². The molecule has 0 bridgehead atoms. The molecule has 298 valence electrons. The fourth-order valence-electron chi connectivity index (χ4n) is 5.85. The van der Waals surface area contributed by atoms with Gasteiger partial charge >= 0.3 is 0 Å². The van der Waals surface area contributed by atoms with E-state index in [2.05, 4.69) is 34.8 Å². The van der Waals surface area contributed by atoms with Crippen molar-refractivity contribution in [2.75, 3.05) is 5.73 Å². The number of aryl methyl sites for hydroxylation is 1. The predicted molar refractivity (Wildman–Crippen MR) is 212 cm³/mol. The zero-order valence-corrected chi connectivity index (χ0v) is 33.0. The first-order valence-corrected chi connectivity index (χ1v) is 21.8. The molecule has 24 heteroatoms. The fourth-order valence-corrected chi connectivity index (χ4v) is 9.81. The maximum absolute atomic E-state index is 12.1. The molecule has 0 saturated heterocycles. The van der Waals surface area contributed by atoms with Crippen LogP contribution in [0.3, 0.4) is 0 Å². The van der Waals surface area contributed by atoms with E-state index in [9.17, 15) is 44.0 Å². The average molecular weight is 885 g/mol. The zero-order valence-electron chi connectivity index (χ0n) is 28.9. The van der Waals surface area contributed by atoms with Gasteiger partial charge in [0.2, 0.25) is 0 Å². The monoisotopic (exact) mass is 884 g/mol. The molecule has 0 fully saturated rings. The molecule has 0 aliphatic rings. The van der Waals surface area contributed by atoms with Gasteiger partial charge in [0.15, 0.2) is 5.75 Å². The predicted octanol–water partition coefficient (Wildman–Crippen LogP) is 8.87. The number of aromatic hydroxyl groups is 1. The number of phenols is 1. The highest BCUT2D eigenvalue weighted by Gasteiger charge is 2.23. The molecule has 0 radical (unpaired) electrons. The van der Waals surface area contributed by atoms with Crippen LogP contribution in [0.2, 0.25) is 0 Å². The second-order valence-corrected chi connectivity index (χ2v) is 18.1. The van der Waals surface area contributed by atoms with Gasteiger partial charge in [-0.1, -0.05) is 17.2 Å². The molecule has 7 aromatic rings. The molecule has 7 rings (SSSR count). The van der Waals surface area contributed by atoms with Gasteiger partial charge in [0.1, 0.15) is 20.5 Å². The smallest absolute Gasteiger partial charge is 0.296 e. The second-order valence-electron chi connectivity index (χ2n) is 12.2. The summed E-state index contributed by atoms with van der Waals surface area (Å²) in [6.45, 7) is 1.57. The zero-order chi connectivity index (χ0) is 41.7. The third kappa shape index (κ3) is 8.11. The number of hydrogen-bond acceptors (Lipinski definition) is 18. The third-order valence-electron chi connectivity index (χ3n) is 8.47. The Balaban J connectivity index is 1.26. The quantitative estimate of drug-likeness (QED) is 0.0176. The number of thiazole rings is 1. The Labute approximate surface area is 335 Å². The Morgan fingerprint density at radius 2 is 1.43 bits per heavy atom. The van der Waals surface area contributed by atoms with Gasteiger partial charge in [-0.2, -0.15) is 30.4 Å². The van der Waals surface area contributed by atoms with E-state index in [1.54, 1.807) is 43.3 Å². The number of nitrogen functional groups attached to an aromatic ring is 1. The van der Waals surface area contributed by atoms with Gasteiger partial charge in [0.05, 0.1) is 54.8 Å². The van der Waals surface area contributed by atoms with E-state index in [-0.39, 0.29) is 43.0 Å². The van der Waals surface area contributed by atoms with E-state index in [0.29, 0.717) is 49.5 Å². The first-order valence-electron chi connectivity index (χ1n) is 15.9. The molecule has 0 atom stereocenters. The van der Waals surface area contributed by atoms with Gasteiger partial charge in [0, 0.05) is 21.7 Å². The molecule has 0 aliphatic heterocycles. The molecular formula is C34H24N6O13S5. The van der Waals surface area contributed by atoms with Crippen molar-refractivity contribution < 1.29 is 58.6 Å². The number of rotatable bonds is 11. The standard InChI is InChI=1S/C34H24N6O13S5/c1-16-2-9-27-32(33(16)58(49,50)51)54-34(36-27)17-3-5-19(6-4-17)37-38-25-10-11-26(23-14-20(56(43,44)45)7-8-21(23)25)39-40-30-28(55-53-52-42)12-18-13-29(57(46,47)48)24(35)15-22(18)31(30)41/h2-15,41-42H,35H2,1H3,(H,43,44,45)(H,46,47,48)(H,49,50,51). The minimum Gasteiger partial charge on any atom is -0.505 e. The van der Waals surface area contributed by atoms with E-state index < -0.39 is 51.6 Å². The highest BCUT2D eigenvalue weighted by atomic mass is 32.2. The first-order chi connectivity index (χ1) is 27.3. The summed E-state index contributed by atoms with van der Waals surface area (Å²) >= 11 is 1.44. The van der Waals surface area contributed by atoms with E-state index in [4.69, 9.17) is 11.0 Å². The molecule has 58 heavy (non-hydrogen) atoms. The minimum atomic E-state index is -4.76. The molecule has 0 spiro atoms. The molecule has 1 heterocycles. The summed E-state index contributed by atoms with van der Waals surface area (Å²) in [5, 5.41) is 41.6. The molecule has 6 aromatic carbocycles. The number of anilines is 1. The molecule has 19 nitrogen and oxygen atoms in total. The van der Waals surface area contributed by atoms with E-state index in [0.717, 1.165) is 35.6 Å². The summed E-state index contributed by atoms with van der Waals surface area (Å²) in [5.74, 6) is -0.584. The number of nitrogens with zero attached hydrogens (tertiary/aromatic N) is 5. The van der Waals surface area contributed by atoms with Crippen LogP contribution in [-0.4, -0.2) is 54.3 Å². The molecule has 1 aromatic heterocycles. The number of nitrogens with two attached hydrogens (primary N) is 1. The lowest BCUT2D eigenvalue weighted by Gasteiger charge is -2.11. The van der Waals surface area contributed by atoms with Crippen LogP contribution in [0, 0.1) is 6.92 Å². The van der Waals surface area contributed by atoms with E-state index in [1.165, 1.54) is 24.3 Å². The lowest BCUT2D eigenvalue weighted by Crippen LogP contribution is -2.03. The van der Waals surface area contributed by atoms with Crippen molar-refractivity contribution in [2.45, 2.75) is 26.5 Å². The van der Waals surface area contributed by atoms with Crippen molar-refractivity contribution >= 4 is 114 Å². The van der Waals surface area contributed by atoms with Crippen LogP contribution in [0.5, 0.6) is 5.75 Å². The Hall–Kier alpha value is -5.51.